The Kier molecular flexibility index (Phi) is 2.79. The van der Waals surface area contributed by atoms with Crippen LogP contribution in [0.3, 0.4) is 0 Å². The van der Waals surface area contributed by atoms with Crippen molar-refractivity contribution >= 4 is 36.3 Å². The van der Waals surface area contributed by atoms with Crippen LogP contribution in [-0.4, -0.2) is 28.8 Å². The first-order valence-electron chi connectivity index (χ1n) is 4.35. The molecule has 0 aliphatic carbocycles. The molecule has 0 aromatic carbocycles. The van der Waals surface area contributed by atoms with Crippen molar-refractivity contribution in [3.63, 3.8) is 0 Å². The van der Waals surface area contributed by atoms with Gasteiger partial charge in [-0.3, -0.25) is 9.69 Å². The molecule has 1 fully saturated rings. The Bertz CT molecular complexity index is 378. The Balaban J connectivity index is 2.13. The van der Waals surface area contributed by atoms with E-state index in [0.717, 1.165) is 0 Å². The SMILES string of the molecule is C=CCOC(=O)C1=C(S)SC2CC(=O)N12. The maximum absolute atomic E-state index is 11.6. The Hall–Kier alpha value is -0.880. The zero-order valence-corrected chi connectivity index (χ0v) is 9.51. The lowest BCUT2D eigenvalue weighted by Crippen LogP contribution is -2.48. The molecule has 4 nitrogen and oxygen atoms in total. The number of hydrogen-bond donors (Lipinski definition) is 1. The summed E-state index contributed by atoms with van der Waals surface area (Å²) in [7, 11) is 0. The lowest BCUT2D eigenvalue weighted by molar-refractivity contribution is -0.148. The Labute approximate surface area is 96.7 Å². The van der Waals surface area contributed by atoms with E-state index in [1.54, 1.807) is 0 Å². The zero-order valence-electron chi connectivity index (χ0n) is 7.80. The van der Waals surface area contributed by atoms with Gasteiger partial charge in [-0.1, -0.05) is 24.4 Å². The number of hydrogen-bond acceptors (Lipinski definition) is 5. The summed E-state index contributed by atoms with van der Waals surface area (Å²) in [4.78, 5) is 24.3. The molecule has 1 atom stereocenters. The van der Waals surface area contributed by atoms with Crippen molar-refractivity contribution in [2.75, 3.05) is 6.61 Å². The van der Waals surface area contributed by atoms with E-state index >= 15 is 0 Å². The van der Waals surface area contributed by atoms with Crippen LogP contribution in [0.5, 0.6) is 0 Å². The molecule has 2 aliphatic heterocycles. The normalized spacial score (nSPS) is 23.7. The third-order valence-corrected chi connectivity index (χ3v) is 3.72. The molecule has 0 saturated carbocycles. The van der Waals surface area contributed by atoms with E-state index in [4.69, 9.17) is 4.74 Å². The average molecular weight is 243 g/mol. The Morgan fingerprint density at radius 3 is 3.13 bits per heavy atom. The minimum absolute atomic E-state index is 0.0382. The lowest BCUT2D eigenvalue weighted by atomic mass is 10.2. The largest absolute Gasteiger partial charge is 0.457 e. The fraction of sp³-hybridized carbons (Fsp3) is 0.333. The zero-order chi connectivity index (χ0) is 11.0. The second-order valence-corrected chi connectivity index (χ2v) is 5.02. The molecule has 0 bridgehead atoms. The highest BCUT2D eigenvalue weighted by molar-refractivity contribution is 8.16. The van der Waals surface area contributed by atoms with Crippen molar-refractivity contribution in [1.82, 2.24) is 4.90 Å². The lowest BCUT2D eigenvalue weighted by Gasteiger charge is -2.34. The number of carbonyl (C=O) groups is 2. The Morgan fingerprint density at radius 1 is 1.80 bits per heavy atom. The first-order chi connectivity index (χ1) is 7.15. The van der Waals surface area contributed by atoms with Gasteiger partial charge in [0.05, 0.1) is 16.0 Å². The second-order valence-electron chi connectivity index (χ2n) is 3.08. The average Bonchev–Trinajstić information content (AvgIpc) is 2.46. The van der Waals surface area contributed by atoms with Gasteiger partial charge in [-0.15, -0.1) is 12.6 Å². The quantitative estimate of drug-likeness (QED) is 0.349. The highest BCUT2D eigenvalue weighted by Crippen LogP contribution is 2.47. The van der Waals surface area contributed by atoms with Crippen molar-refractivity contribution in [1.29, 1.82) is 0 Å². The smallest absolute Gasteiger partial charge is 0.357 e. The monoisotopic (exact) mass is 243 g/mol. The highest BCUT2D eigenvalue weighted by Gasteiger charge is 2.48. The number of β-lactam (4-membered cyclic amide) rings is 1. The molecule has 1 amide bonds. The number of amides is 1. The molecule has 2 rings (SSSR count). The summed E-state index contributed by atoms with van der Waals surface area (Å²) >= 11 is 5.58. The molecular weight excluding hydrogens is 234 g/mol. The molecule has 80 valence electrons. The Morgan fingerprint density at radius 2 is 2.53 bits per heavy atom. The van der Waals surface area contributed by atoms with Crippen LogP contribution in [0.25, 0.3) is 0 Å². The van der Waals surface area contributed by atoms with Crippen LogP contribution >= 0.6 is 24.4 Å². The molecule has 15 heavy (non-hydrogen) atoms. The predicted octanol–water partition coefficient (Wildman–Crippen LogP) is 1.12. The number of fused-ring (bicyclic) bond motifs is 1. The van der Waals surface area contributed by atoms with Crippen molar-refractivity contribution in [3.05, 3.63) is 22.6 Å². The van der Waals surface area contributed by atoms with Gasteiger partial charge in [-0.2, -0.15) is 0 Å². The number of nitrogens with zero attached hydrogens (tertiary/aromatic N) is 1. The first kappa shape index (κ1) is 10.6. The van der Waals surface area contributed by atoms with Gasteiger partial charge in [0.1, 0.15) is 6.61 Å². The molecule has 2 heterocycles. The molecule has 0 radical (unpaired) electrons. The van der Waals surface area contributed by atoms with E-state index in [1.165, 1.54) is 22.7 Å². The standard InChI is InChI=1S/C9H9NO3S2/c1-2-3-13-8(12)7-9(14)15-6-4-5(11)10(6)7/h2,6,14H,1,3-4H2. The number of esters is 1. The van der Waals surface area contributed by atoms with Gasteiger partial charge in [0.15, 0.2) is 5.70 Å². The maximum Gasteiger partial charge on any atom is 0.357 e. The summed E-state index contributed by atoms with van der Waals surface area (Å²) < 4.78 is 5.43. The predicted molar refractivity (Wildman–Crippen MR) is 60.0 cm³/mol. The van der Waals surface area contributed by atoms with Crippen LogP contribution in [0.15, 0.2) is 22.6 Å². The van der Waals surface area contributed by atoms with Crippen molar-refractivity contribution in [2.45, 2.75) is 11.8 Å². The van der Waals surface area contributed by atoms with E-state index in [-0.39, 0.29) is 23.6 Å². The van der Waals surface area contributed by atoms with Gasteiger partial charge in [0, 0.05) is 0 Å². The van der Waals surface area contributed by atoms with Crippen molar-refractivity contribution in [3.8, 4) is 0 Å². The number of carbonyl (C=O) groups excluding carboxylic acids is 2. The number of rotatable bonds is 3. The molecule has 6 heteroatoms. The van der Waals surface area contributed by atoms with Gasteiger partial charge in [0.2, 0.25) is 5.91 Å². The molecule has 0 aromatic heterocycles. The molecule has 0 spiro atoms. The number of thioether (sulfide) groups is 1. The van der Waals surface area contributed by atoms with Gasteiger partial charge < -0.3 is 4.74 Å². The number of ether oxygens (including phenoxy) is 1. The number of thiol groups is 1. The third kappa shape index (κ3) is 1.68. The van der Waals surface area contributed by atoms with Crippen LogP contribution in [0, 0.1) is 0 Å². The topological polar surface area (TPSA) is 46.6 Å². The molecule has 0 aromatic rings. The fourth-order valence-corrected chi connectivity index (χ4v) is 3.10. The summed E-state index contributed by atoms with van der Waals surface area (Å²) in [6.07, 6.45) is 1.95. The van der Waals surface area contributed by atoms with Gasteiger partial charge in [-0.05, 0) is 0 Å². The van der Waals surface area contributed by atoms with Crippen LogP contribution in [0.2, 0.25) is 0 Å². The molecule has 1 saturated heterocycles. The fourth-order valence-electron chi connectivity index (χ4n) is 1.43. The summed E-state index contributed by atoms with van der Waals surface area (Å²) in [5.41, 5.74) is 0.270. The van der Waals surface area contributed by atoms with Crippen molar-refractivity contribution in [2.24, 2.45) is 0 Å². The van der Waals surface area contributed by atoms with Crippen LogP contribution < -0.4 is 0 Å². The van der Waals surface area contributed by atoms with Crippen LogP contribution in [0.1, 0.15) is 6.42 Å². The highest BCUT2D eigenvalue weighted by atomic mass is 32.2. The minimum atomic E-state index is -0.511. The molecule has 0 N–H and O–H groups in total. The first-order valence-corrected chi connectivity index (χ1v) is 5.68. The van der Waals surface area contributed by atoms with E-state index in [1.807, 2.05) is 0 Å². The van der Waals surface area contributed by atoms with E-state index < -0.39 is 5.97 Å². The second kappa shape index (κ2) is 3.94. The van der Waals surface area contributed by atoms with Gasteiger partial charge in [-0.25, -0.2) is 4.79 Å². The summed E-state index contributed by atoms with van der Waals surface area (Å²) in [6.45, 7) is 3.58. The maximum atomic E-state index is 11.6. The van der Waals surface area contributed by atoms with Gasteiger partial charge in [0.25, 0.3) is 0 Å². The summed E-state index contributed by atoms with van der Waals surface area (Å²) in [5.74, 6) is -0.565. The third-order valence-electron chi connectivity index (χ3n) is 2.12. The van der Waals surface area contributed by atoms with E-state index in [0.29, 0.717) is 10.7 Å². The summed E-state index contributed by atoms with van der Waals surface area (Å²) in [6, 6.07) is 0. The molecule has 1 unspecified atom stereocenters. The minimum Gasteiger partial charge on any atom is -0.457 e. The molecule has 2 aliphatic rings. The van der Waals surface area contributed by atoms with E-state index in [2.05, 4.69) is 19.2 Å². The molecular formula is C9H9NO3S2. The summed E-state index contributed by atoms with van der Waals surface area (Å²) in [5, 5.41) is 0.0382. The van der Waals surface area contributed by atoms with Gasteiger partial charge >= 0.3 is 5.97 Å². The van der Waals surface area contributed by atoms with Crippen molar-refractivity contribution < 1.29 is 14.3 Å². The van der Waals surface area contributed by atoms with E-state index in [9.17, 15) is 9.59 Å². The van der Waals surface area contributed by atoms with Crippen LogP contribution in [-0.2, 0) is 14.3 Å². The van der Waals surface area contributed by atoms with Crippen LogP contribution in [0.4, 0.5) is 0 Å².